The lowest BCUT2D eigenvalue weighted by Crippen LogP contribution is -2.43. The summed E-state index contributed by atoms with van der Waals surface area (Å²) in [5.74, 6) is 0.946. The van der Waals surface area contributed by atoms with Crippen LogP contribution in [0.25, 0.3) is 11.2 Å². The Kier molecular flexibility index (Phi) is 4.98. The van der Waals surface area contributed by atoms with Crippen LogP contribution in [0, 0.1) is 25.6 Å². The normalized spacial score (nSPS) is 17.1. The van der Waals surface area contributed by atoms with Gasteiger partial charge in [0.1, 0.15) is 17.2 Å². The molecule has 28 heavy (non-hydrogen) atoms. The molecule has 1 fully saturated rings. The smallest absolute Gasteiger partial charge is 0.321 e. The van der Waals surface area contributed by atoms with Crippen molar-refractivity contribution in [3.8, 4) is 0 Å². The van der Waals surface area contributed by atoms with Crippen LogP contribution < -0.4 is 5.32 Å². The van der Waals surface area contributed by atoms with Crippen molar-refractivity contribution in [2.45, 2.75) is 33.2 Å². The molecule has 1 aliphatic heterocycles. The van der Waals surface area contributed by atoms with Gasteiger partial charge >= 0.3 is 6.03 Å². The van der Waals surface area contributed by atoms with Crippen LogP contribution in [0.1, 0.15) is 24.2 Å². The highest BCUT2D eigenvalue weighted by Crippen LogP contribution is 2.23. The van der Waals surface area contributed by atoms with Gasteiger partial charge in [-0.15, -0.1) is 0 Å². The van der Waals surface area contributed by atoms with E-state index >= 15 is 0 Å². The van der Waals surface area contributed by atoms with Gasteiger partial charge < -0.3 is 14.8 Å². The molecule has 0 bridgehead atoms. The average Bonchev–Trinajstić information content (AvgIpc) is 3.00. The van der Waals surface area contributed by atoms with Crippen molar-refractivity contribution < 1.29 is 9.18 Å². The maximum absolute atomic E-state index is 13.7. The summed E-state index contributed by atoms with van der Waals surface area (Å²) in [5.41, 5.74) is 2.83. The van der Waals surface area contributed by atoms with Gasteiger partial charge in [-0.1, -0.05) is 6.07 Å². The number of likely N-dealkylation sites (tertiary alicyclic amines) is 1. The zero-order valence-corrected chi connectivity index (χ0v) is 16.2. The monoisotopic (exact) mass is 381 g/mol. The number of amides is 2. The van der Waals surface area contributed by atoms with E-state index < -0.39 is 0 Å². The summed E-state index contributed by atoms with van der Waals surface area (Å²) in [7, 11) is 0. The molecule has 0 saturated carbocycles. The first-order chi connectivity index (χ1) is 13.5. The van der Waals surface area contributed by atoms with Crippen LogP contribution in [0.5, 0.6) is 0 Å². The topological polar surface area (TPSA) is 63.1 Å². The number of nitrogens with zero attached hydrogens (tertiary/aromatic N) is 4. The Morgan fingerprint density at radius 2 is 2.18 bits per heavy atom. The minimum atomic E-state index is -0.315. The van der Waals surface area contributed by atoms with E-state index in [9.17, 15) is 9.18 Å². The summed E-state index contributed by atoms with van der Waals surface area (Å²) in [5, 5.41) is 2.82. The number of rotatable bonds is 3. The van der Waals surface area contributed by atoms with Crippen molar-refractivity contribution in [1.29, 1.82) is 0 Å². The SMILES string of the molecule is Cc1ccc(NC(=O)N2CCCC(Cn3c(C)nc4cccnc43)C2)cc1F. The number of piperidine rings is 1. The predicted octanol–water partition coefficient (Wildman–Crippen LogP) is 4.13. The van der Waals surface area contributed by atoms with E-state index in [1.807, 2.05) is 24.0 Å². The van der Waals surface area contributed by atoms with Gasteiger partial charge in [-0.25, -0.2) is 19.2 Å². The van der Waals surface area contributed by atoms with E-state index in [-0.39, 0.29) is 11.8 Å². The van der Waals surface area contributed by atoms with Crippen LogP contribution in [0.3, 0.4) is 0 Å². The molecule has 0 radical (unpaired) electrons. The number of pyridine rings is 1. The molecule has 3 heterocycles. The molecule has 1 aromatic carbocycles. The van der Waals surface area contributed by atoms with Gasteiger partial charge in [-0.3, -0.25) is 0 Å². The van der Waals surface area contributed by atoms with E-state index in [0.717, 1.165) is 36.4 Å². The molecule has 1 saturated heterocycles. The third-order valence-electron chi connectivity index (χ3n) is 5.36. The highest BCUT2D eigenvalue weighted by molar-refractivity contribution is 5.89. The second-order valence-corrected chi connectivity index (χ2v) is 7.46. The number of carbonyl (C=O) groups excluding carboxylic acids is 1. The summed E-state index contributed by atoms with van der Waals surface area (Å²) >= 11 is 0. The Balaban J connectivity index is 1.44. The lowest BCUT2D eigenvalue weighted by atomic mass is 9.98. The van der Waals surface area contributed by atoms with E-state index in [4.69, 9.17) is 0 Å². The predicted molar refractivity (Wildman–Crippen MR) is 107 cm³/mol. The van der Waals surface area contributed by atoms with Gasteiger partial charge in [0.05, 0.1) is 0 Å². The molecule has 2 amide bonds. The minimum absolute atomic E-state index is 0.182. The lowest BCUT2D eigenvalue weighted by Gasteiger charge is -2.33. The zero-order valence-electron chi connectivity index (χ0n) is 16.2. The average molecular weight is 381 g/mol. The van der Waals surface area contributed by atoms with E-state index in [1.54, 1.807) is 25.3 Å². The maximum Gasteiger partial charge on any atom is 0.321 e. The van der Waals surface area contributed by atoms with Crippen molar-refractivity contribution >= 4 is 22.9 Å². The zero-order chi connectivity index (χ0) is 19.7. The van der Waals surface area contributed by atoms with E-state index in [0.29, 0.717) is 30.3 Å². The first kappa shape index (κ1) is 18.4. The molecule has 0 aliphatic carbocycles. The number of nitrogens with one attached hydrogen (secondary N) is 1. The fourth-order valence-corrected chi connectivity index (χ4v) is 3.82. The van der Waals surface area contributed by atoms with Crippen LogP contribution in [-0.2, 0) is 6.54 Å². The Morgan fingerprint density at radius 3 is 3.00 bits per heavy atom. The van der Waals surface area contributed by atoms with Crippen molar-refractivity contribution in [3.63, 3.8) is 0 Å². The highest BCUT2D eigenvalue weighted by Gasteiger charge is 2.25. The number of fused-ring (bicyclic) bond motifs is 1. The molecular formula is C21H24FN5O. The molecule has 0 spiro atoms. The summed E-state index contributed by atoms with van der Waals surface area (Å²) in [4.78, 5) is 23.5. The Morgan fingerprint density at radius 1 is 1.32 bits per heavy atom. The standard InChI is InChI=1S/C21H24FN5O/c1-14-7-8-17(11-18(14)22)25-21(28)26-10-4-5-16(12-26)13-27-15(2)24-19-6-3-9-23-20(19)27/h3,6-9,11,16H,4-5,10,12-13H2,1-2H3,(H,25,28). The summed E-state index contributed by atoms with van der Waals surface area (Å²) in [6.07, 6.45) is 3.77. The highest BCUT2D eigenvalue weighted by atomic mass is 19.1. The molecule has 7 heteroatoms. The van der Waals surface area contributed by atoms with Crippen molar-refractivity contribution in [2.24, 2.45) is 5.92 Å². The van der Waals surface area contributed by atoms with E-state index in [2.05, 4.69) is 19.9 Å². The number of benzene rings is 1. The lowest BCUT2D eigenvalue weighted by molar-refractivity contribution is 0.170. The summed E-state index contributed by atoms with van der Waals surface area (Å²) in [6, 6.07) is 8.43. The number of hydrogen-bond acceptors (Lipinski definition) is 3. The van der Waals surface area contributed by atoms with Crippen LogP contribution in [0.15, 0.2) is 36.5 Å². The molecule has 1 atom stereocenters. The van der Waals surface area contributed by atoms with Crippen molar-refractivity contribution in [3.05, 3.63) is 53.7 Å². The Bertz CT molecular complexity index is 1020. The fraction of sp³-hybridized carbons (Fsp3) is 0.381. The van der Waals surface area contributed by atoms with Crippen molar-refractivity contribution in [1.82, 2.24) is 19.4 Å². The number of imidazole rings is 1. The van der Waals surface area contributed by atoms with Gasteiger partial charge in [0, 0.05) is 31.5 Å². The Hall–Kier alpha value is -2.96. The molecule has 146 valence electrons. The number of urea groups is 1. The van der Waals surface area contributed by atoms with Crippen LogP contribution in [-0.4, -0.2) is 38.6 Å². The molecular weight excluding hydrogens is 357 g/mol. The molecule has 1 N–H and O–H groups in total. The van der Waals surface area contributed by atoms with Gasteiger partial charge in [-0.05, 0) is 62.4 Å². The Labute approximate surface area is 163 Å². The van der Waals surface area contributed by atoms with Crippen LogP contribution >= 0.6 is 0 Å². The third kappa shape index (κ3) is 3.69. The molecule has 1 aliphatic rings. The van der Waals surface area contributed by atoms with Gasteiger partial charge in [0.2, 0.25) is 0 Å². The number of anilines is 1. The maximum atomic E-state index is 13.7. The summed E-state index contributed by atoms with van der Waals surface area (Å²) in [6.45, 7) is 5.83. The molecule has 6 nitrogen and oxygen atoms in total. The first-order valence-corrected chi connectivity index (χ1v) is 9.61. The number of aromatic nitrogens is 3. The molecule has 2 aromatic heterocycles. The molecule has 3 aromatic rings. The largest absolute Gasteiger partial charge is 0.324 e. The van der Waals surface area contributed by atoms with Crippen LogP contribution in [0.4, 0.5) is 14.9 Å². The van der Waals surface area contributed by atoms with Crippen molar-refractivity contribution in [2.75, 3.05) is 18.4 Å². The van der Waals surface area contributed by atoms with Crippen LogP contribution in [0.2, 0.25) is 0 Å². The number of halogens is 1. The second kappa shape index (κ2) is 7.58. The summed E-state index contributed by atoms with van der Waals surface area (Å²) < 4.78 is 15.9. The third-order valence-corrected chi connectivity index (χ3v) is 5.36. The number of aryl methyl sites for hydroxylation is 2. The van der Waals surface area contributed by atoms with Gasteiger partial charge in [-0.2, -0.15) is 0 Å². The van der Waals surface area contributed by atoms with Gasteiger partial charge in [0.25, 0.3) is 0 Å². The van der Waals surface area contributed by atoms with E-state index in [1.165, 1.54) is 6.07 Å². The quantitative estimate of drug-likeness (QED) is 0.742. The van der Waals surface area contributed by atoms with Gasteiger partial charge in [0.15, 0.2) is 5.65 Å². The first-order valence-electron chi connectivity index (χ1n) is 9.61. The second-order valence-electron chi connectivity index (χ2n) is 7.46. The molecule has 1 unspecified atom stereocenters. The number of carbonyl (C=O) groups is 1. The number of hydrogen-bond donors (Lipinski definition) is 1. The minimum Gasteiger partial charge on any atom is -0.324 e. The fourth-order valence-electron chi connectivity index (χ4n) is 3.82. The molecule has 4 rings (SSSR count).